The Bertz CT molecular complexity index is 246. The van der Waals surface area contributed by atoms with E-state index in [2.05, 4.69) is 31.0 Å². The molecule has 78 valence electrons. The van der Waals surface area contributed by atoms with Gasteiger partial charge in [0.2, 0.25) is 0 Å². The van der Waals surface area contributed by atoms with E-state index in [1.54, 1.807) is 11.8 Å². The molecule has 1 nitrogen and oxygen atoms in total. The summed E-state index contributed by atoms with van der Waals surface area (Å²) in [6, 6.07) is 8.20. The predicted octanol–water partition coefficient (Wildman–Crippen LogP) is 3.50. The van der Waals surface area contributed by atoms with Gasteiger partial charge in [0.25, 0.3) is 0 Å². The molecule has 0 radical (unpaired) electrons. The molecular formula is C11H16OS2. The third-order valence-electron chi connectivity index (χ3n) is 1.88. The van der Waals surface area contributed by atoms with Crippen LogP contribution in [0, 0.1) is 0 Å². The van der Waals surface area contributed by atoms with Gasteiger partial charge in [0.05, 0.1) is 6.61 Å². The second-order valence-corrected chi connectivity index (χ2v) is 4.28. The Labute approximate surface area is 95.6 Å². The fourth-order valence-electron chi connectivity index (χ4n) is 1.08. The second kappa shape index (κ2) is 7.07. The summed E-state index contributed by atoms with van der Waals surface area (Å²) < 4.78 is 5.56. The lowest BCUT2D eigenvalue weighted by molar-refractivity contribution is 0.309. The Morgan fingerprint density at radius 1 is 1.21 bits per heavy atom. The number of hydrogen-bond acceptors (Lipinski definition) is 3. The minimum Gasteiger partial charge on any atom is -0.494 e. The summed E-state index contributed by atoms with van der Waals surface area (Å²) >= 11 is 5.89. The van der Waals surface area contributed by atoms with Crippen molar-refractivity contribution in [3.8, 4) is 5.75 Å². The van der Waals surface area contributed by atoms with Crippen molar-refractivity contribution in [2.24, 2.45) is 0 Å². The Balaban J connectivity index is 2.29. The maximum Gasteiger partial charge on any atom is 0.119 e. The van der Waals surface area contributed by atoms with Gasteiger partial charge in [-0.2, -0.15) is 12.6 Å². The minimum absolute atomic E-state index is 0.791. The summed E-state index contributed by atoms with van der Waals surface area (Å²) in [6.45, 7) is 0.791. The smallest absolute Gasteiger partial charge is 0.119 e. The molecular weight excluding hydrogens is 212 g/mol. The number of thioether (sulfide) groups is 1. The number of thiol groups is 1. The van der Waals surface area contributed by atoms with Crippen LogP contribution < -0.4 is 4.74 Å². The maximum atomic E-state index is 5.56. The highest BCUT2D eigenvalue weighted by Gasteiger charge is 1.94. The molecule has 0 aliphatic carbocycles. The van der Waals surface area contributed by atoms with E-state index >= 15 is 0 Å². The lowest BCUT2D eigenvalue weighted by atomic mass is 10.3. The Kier molecular flexibility index (Phi) is 5.96. The first kappa shape index (κ1) is 11.8. The molecule has 0 atom stereocenters. The van der Waals surface area contributed by atoms with Crippen LogP contribution in [0.25, 0.3) is 0 Å². The average molecular weight is 228 g/mol. The zero-order valence-electron chi connectivity index (χ0n) is 8.40. The van der Waals surface area contributed by atoms with Crippen molar-refractivity contribution in [3.63, 3.8) is 0 Å². The number of ether oxygens (including phenoxy) is 1. The maximum absolute atomic E-state index is 5.56. The van der Waals surface area contributed by atoms with E-state index in [1.165, 1.54) is 4.90 Å². The molecule has 0 aromatic heterocycles. The largest absolute Gasteiger partial charge is 0.494 e. The van der Waals surface area contributed by atoms with Crippen LogP contribution in [0.3, 0.4) is 0 Å². The van der Waals surface area contributed by atoms with E-state index < -0.39 is 0 Å². The molecule has 0 aliphatic heterocycles. The first-order valence-electron chi connectivity index (χ1n) is 4.74. The van der Waals surface area contributed by atoms with Crippen LogP contribution in [0.2, 0.25) is 0 Å². The number of hydrogen-bond donors (Lipinski definition) is 1. The molecule has 1 aromatic rings. The number of benzene rings is 1. The zero-order valence-corrected chi connectivity index (χ0v) is 10.1. The zero-order chi connectivity index (χ0) is 10.2. The van der Waals surface area contributed by atoms with E-state index in [0.29, 0.717) is 0 Å². The molecule has 0 saturated heterocycles. The highest BCUT2D eigenvalue weighted by molar-refractivity contribution is 7.98. The molecule has 0 amide bonds. The van der Waals surface area contributed by atoms with E-state index in [4.69, 9.17) is 4.74 Å². The fourth-order valence-corrected chi connectivity index (χ4v) is 1.71. The van der Waals surface area contributed by atoms with Crippen LogP contribution in [0.4, 0.5) is 0 Å². The standard InChI is InChI=1S/C11H16OS2/c1-14-11-6-4-10(5-7-11)12-8-2-3-9-13/h4-7,13H,2-3,8-9H2,1H3. The summed E-state index contributed by atoms with van der Waals surface area (Å²) in [6.07, 6.45) is 4.27. The average Bonchev–Trinajstić information content (AvgIpc) is 2.25. The van der Waals surface area contributed by atoms with Gasteiger partial charge in [0, 0.05) is 4.90 Å². The van der Waals surface area contributed by atoms with Gasteiger partial charge in [-0.25, -0.2) is 0 Å². The third-order valence-corrected chi connectivity index (χ3v) is 2.94. The number of unbranched alkanes of at least 4 members (excludes halogenated alkanes) is 1. The lowest BCUT2D eigenvalue weighted by Crippen LogP contribution is -1.97. The quantitative estimate of drug-likeness (QED) is 0.453. The van der Waals surface area contributed by atoms with Crippen molar-refractivity contribution < 1.29 is 4.74 Å². The molecule has 0 spiro atoms. The topological polar surface area (TPSA) is 9.23 Å². The Hall–Kier alpha value is -0.280. The molecule has 0 fully saturated rings. The minimum atomic E-state index is 0.791. The normalized spacial score (nSPS) is 10.1. The van der Waals surface area contributed by atoms with E-state index in [-0.39, 0.29) is 0 Å². The van der Waals surface area contributed by atoms with E-state index in [0.717, 1.165) is 31.0 Å². The summed E-state index contributed by atoms with van der Waals surface area (Å²) in [5.41, 5.74) is 0. The molecule has 14 heavy (non-hydrogen) atoms. The highest BCUT2D eigenvalue weighted by Crippen LogP contribution is 2.18. The first-order chi connectivity index (χ1) is 6.86. The Morgan fingerprint density at radius 3 is 2.50 bits per heavy atom. The van der Waals surface area contributed by atoms with Gasteiger partial charge in [0.15, 0.2) is 0 Å². The van der Waals surface area contributed by atoms with Crippen LogP contribution in [0.5, 0.6) is 5.75 Å². The molecule has 3 heteroatoms. The molecule has 1 rings (SSSR count). The summed E-state index contributed by atoms with van der Waals surface area (Å²) in [5.74, 6) is 1.90. The molecule has 0 saturated carbocycles. The summed E-state index contributed by atoms with van der Waals surface area (Å²) in [7, 11) is 0. The highest BCUT2D eigenvalue weighted by atomic mass is 32.2. The van der Waals surface area contributed by atoms with Crippen LogP contribution in [0.1, 0.15) is 12.8 Å². The van der Waals surface area contributed by atoms with Crippen molar-refractivity contribution in [1.82, 2.24) is 0 Å². The van der Waals surface area contributed by atoms with Crippen molar-refractivity contribution in [2.75, 3.05) is 18.6 Å². The monoisotopic (exact) mass is 228 g/mol. The van der Waals surface area contributed by atoms with E-state index in [9.17, 15) is 0 Å². The van der Waals surface area contributed by atoms with Crippen molar-refractivity contribution in [1.29, 1.82) is 0 Å². The summed E-state index contributed by atoms with van der Waals surface area (Å²) in [5, 5.41) is 0. The first-order valence-corrected chi connectivity index (χ1v) is 6.60. The van der Waals surface area contributed by atoms with Crippen LogP contribution in [0.15, 0.2) is 29.2 Å². The predicted molar refractivity (Wildman–Crippen MR) is 66.8 cm³/mol. The SMILES string of the molecule is CSc1ccc(OCCCCS)cc1. The Morgan fingerprint density at radius 2 is 1.93 bits per heavy atom. The van der Waals surface area contributed by atoms with Gasteiger partial charge in [-0.15, -0.1) is 11.8 Å². The van der Waals surface area contributed by atoms with Crippen molar-refractivity contribution >= 4 is 24.4 Å². The van der Waals surface area contributed by atoms with E-state index in [1.807, 2.05) is 12.1 Å². The molecule has 0 unspecified atom stereocenters. The molecule has 0 bridgehead atoms. The van der Waals surface area contributed by atoms with Gasteiger partial charge >= 0.3 is 0 Å². The van der Waals surface area contributed by atoms with Gasteiger partial charge in [-0.1, -0.05) is 0 Å². The molecule has 1 aromatic carbocycles. The molecule has 0 heterocycles. The lowest BCUT2D eigenvalue weighted by Gasteiger charge is -2.05. The molecule has 0 N–H and O–H groups in total. The van der Waals surface area contributed by atoms with Crippen molar-refractivity contribution in [2.45, 2.75) is 17.7 Å². The van der Waals surface area contributed by atoms with Gasteiger partial charge < -0.3 is 4.74 Å². The van der Waals surface area contributed by atoms with Crippen LogP contribution in [-0.2, 0) is 0 Å². The van der Waals surface area contributed by atoms with Gasteiger partial charge in [0.1, 0.15) is 5.75 Å². The fraction of sp³-hybridized carbons (Fsp3) is 0.455. The van der Waals surface area contributed by atoms with Gasteiger partial charge in [-0.05, 0) is 49.1 Å². The van der Waals surface area contributed by atoms with Crippen molar-refractivity contribution in [3.05, 3.63) is 24.3 Å². The molecule has 0 aliphatic rings. The van der Waals surface area contributed by atoms with Crippen LogP contribution >= 0.6 is 24.4 Å². The van der Waals surface area contributed by atoms with Gasteiger partial charge in [-0.3, -0.25) is 0 Å². The second-order valence-electron chi connectivity index (χ2n) is 2.95. The third kappa shape index (κ3) is 4.29. The number of rotatable bonds is 6. The van der Waals surface area contributed by atoms with Crippen LogP contribution in [-0.4, -0.2) is 18.6 Å². The summed E-state index contributed by atoms with van der Waals surface area (Å²) in [4.78, 5) is 1.27.